The molecule has 5 heteroatoms. The minimum Gasteiger partial charge on any atom is -0.333 e. The first-order valence-corrected chi connectivity index (χ1v) is 7.06. The van der Waals surface area contributed by atoms with Crippen LogP contribution < -0.4 is 5.73 Å². The van der Waals surface area contributed by atoms with Crippen LogP contribution in [0.3, 0.4) is 0 Å². The number of pyridine rings is 1. The van der Waals surface area contributed by atoms with Crippen LogP contribution in [-0.2, 0) is 13.1 Å². The molecule has 2 rings (SSSR count). The van der Waals surface area contributed by atoms with Gasteiger partial charge in [-0.15, -0.1) is 0 Å². The van der Waals surface area contributed by atoms with E-state index in [-0.39, 0.29) is 6.04 Å². The van der Waals surface area contributed by atoms with Crippen molar-refractivity contribution in [1.82, 2.24) is 19.4 Å². The third-order valence-electron chi connectivity index (χ3n) is 3.44. The molecule has 0 radical (unpaired) electrons. The Morgan fingerprint density at radius 2 is 2.25 bits per heavy atom. The molecular formula is C15H23N5. The Balaban J connectivity index is 2.12. The van der Waals surface area contributed by atoms with Crippen LogP contribution in [0, 0.1) is 0 Å². The Morgan fingerprint density at radius 3 is 2.90 bits per heavy atom. The van der Waals surface area contributed by atoms with Crippen LogP contribution in [0.15, 0.2) is 36.9 Å². The van der Waals surface area contributed by atoms with E-state index >= 15 is 0 Å². The lowest BCUT2D eigenvalue weighted by atomic mass is 10.1. The van der Waals surface area contributed by atoms with Gasteiger partial charge < -0.3 is 10.3 Å². The van der Waals surface area contributed by atoms with Crippen LogP contribution in [0.2, 0.25) is 0 Å². The third kappa shape index (κ3) is 3.43. The van der Waals surface area contributed by atoms with Crippen molar-refractivity contribution < 1.29 is 0 Å². The van der Waals surface area contributed by atoms with Gasteiger partial charge in [0.25, 0.3) is 0 Å². The molecule has 20 heavy (non-hydrogen) atoms. The number of aryl methyl sites for hydroxylation is 1. The molecule has 0 aliphatic carbocycles. The van der Waals surface area contributed by atoms with Crippen LogP contribution in [0.5, 0.6) is 0 Å². The van der Waals surface area contributed by atoms with Crippen molar-refractivity contribution in [2.75, 3.05) is 13.6 Å². The average Bonchev–Trinajstić information content (AvgIpc) is 2.89. The molecule has 0 aromatic carbocycles. The zero-order chi connectivity index (χ0) is 14.4. The lowest BCUT2D eigenvalue weighted by Gasteiger charge is -2.27. The minimum atomic E-state index is 0.158. The second-order valence-electron chi connectivity index (χ2n) is 5.00. The Kier molecular flexibility index (Phi) is 5.26. The van der Waals surface area contributed by atoms with E-state index in [4.69, 9.17) is 5.73 Å². The molecule has 0 saturated carbocycles. The van der Waals surface area contributed by atoms with Gasteiger partial charge in [-0.1, -0.05) is 13.0 Å². The fourth-order valence-corrected chi connectivity index (χ4v) is 2.42. The summed E-state index contributed by atoms with van der Waals surface area (Å²) in [4.78, 5) is 10.9. The quantitative estimate of drug-likeness (QED) is 0.836. The summed E-state index contributed by atoms with van der Waals surface area (Å²) in [6, 6.07) is 6.13. The highest BCUT2D eigenvalue weighted by molar-refractivity contribution is 5.09. The summed E-state index contributed by atoms with van der Waals surface area (Å²) in [6.45, 7) is 4.49. The zero-order valence-corrected chi connectivity index (χ0v) is 12.2. The molecule has 0 aliphatic heterocycles. The molecule has 1 atom stereocenters. The van der Waals surface area contributed by atoms with Gasteiger partial charge in [-0.3, -0.25) is 9.88 Å². The topological polar surface area (TPSA) is 60.0 Å². The van der Waals surface area contributed by atoms with Crippen LogP contribution in [0.25, 0.3) is 0 Å². The molecule has 0 fully saturated rings. The van der Waals surface area contributed by atoms with Crippen molar-refractivity contribution in [3.63, 3.8) is 0 Å². The van der Waals surface area contributed by atoms with Crippen molar-refractivity contribution >= 4 is 0 Å². The number of hydrogen-bond donors (Lipinski definition) is 1. The first kappa shape index (κ1) is 14.7. The molecule has 0 bridgehead atoms. The number of aromatic nitrogens is 3. The van der Waals surface area contributed by atoms with E-state index in [0.717, 1.165) is 25.2 Å². The minimum absolute atomic E-state index is 0.158. The fourth-order valence-electron chi connectivity index (χ4n) is 2.42. The van der Waals surface area contributed by atoms with Gasteiger partial charge in [0.2, 0.25) is 0 Å². The summed E-state index contributed by atoms with van der Waals surface area (Å²) >= 11 is 0. The van der Waals surface area contributed by atoms with Gasteiger partial charge in [0.15, 0.2) is 0 Å². The molecule has 0 aliphatic rings. The standard InChI is InChI=1S/C15H23N5/c1-3-8-20-12-17-10-15(20)14(9-16)19(2)11-13-6-4-5-7-18-13/h4-7,10,12,14H,3,8-9,11,16H2,1-2H3. The van der Waals surface area contributed by atoms with Crippen LogP contribution in [0.4, 0.5) is 0 Å². The number of nitrogens with two attached hydrogens (primary N) is 1. The van der Waals surface area contributed by atoms with E-state index in [9.17, 15) is 0 Å². The average molecular weight is 273 g/mol. The Labute approximate surface area is 120 Å². The first-order chi connectivity index (χ1) is 9.76. The number of rotatable bonds is 7. The van der Waals surface area contributed by atoms with E-state index in [0.29, 0.717) is 6.54 Å². The first-order valence-electron chi connectivity index (χ1n) is 7.06. The predicted octanol–water partition coefficient (Wildman–Crippen LogP) is 1.82. The maximum absolute atomic E-state index is 5.98. The number of hydrogen-bond acceptors (Lipinski definition) is 4. The number of nitrogens with zero attached hydrogens (tertiary/aromatic N) is 4. The highest BCUT2D eigenvalue weighted by Gasteiger charge is 2.19. The van der Waals surface area contributed by atoms with Crippen LogP contribution in [0.1, 0.15) is 30.8 Å². The molecule has 0 spiro atoms. The Morgan fingerprint density at radius 1 is 1.40 bits per heavy atom. The maximum atomic E-state index is 5.98. The summed E-state index contributed by atoms with van der Waals surface area (Å²) in [5.41, 5.74) is 8.21. The maximum Gasteiger partial charge on any atom is 0.0948 e. The van der Waals surface area contributed by atoms with Crippen molar-refractivity contribution in [3.8, 4) is 0 Å². The molecule has 2 aromatic heterocycles. The van der Waals surface area contributed by atoms with Gasteiger partial charge in [0.05, 0.1) is 23.8 Å². The zero-order valence-electron chi connectivity index (χ0n) is 12.2. The molecular weight excluding hydrogens is 250 g/mol. The van der Waals surface area contributed by atoms with E-state index in [1.807, 2.05) is 36.9 Å². The summed E-state index contributed by atoms with van der Waals surface area (Å²) in [5, 5.41) is 0. The van der Waals surface area contributed by atoms with Crippen LogP contribution >= 0.6 is 0 Å². The lowest BCUT2D eigenvalue weighted by molar-refractivity contribution is 0.229. The predicted molar refractivity (Wildman–Crippen MR) is 80.0 cm³/mol. The summed E-state index contributed by atoms with van der Waals surface area (Å²) in [7, 11) is 2.08. The number of likely N-dealkylation sites (N-methyl/N-ethyl adjacent to an activating group) is 1. The van der Waals surface area contributed by atoms with E-state index < -0.39 is 0 Å². The second-order valence-corrected chi connectivity index (χ2v) is 5.00. The normalized spacial score (nSPS) is 12.8. The second kappa shape index (κ2) is 7.17. The SMILES string of the molecule is CCCn1cncc1C(CN)N(C)Cc1ccccn1. The molecule has 0 saturated heterocycles. The third-order valence-corrected chi connectivity index (χ3v) is 3.44. The molecule has 2 aromatic rings. The summed E-state index contributed by atoms with van der Waals surface area (Å²) in [5.74, 6) is 0. The fraction of sp³-hybridized carbons (Fsp3) is 0.467. The monoisotopic (exact) mass is 273 g/mol. The van der Waals surface area contributed by atoms with Crippen molar-refractivity contribution in [2.45, 2.75) is 32.5 Å². The highest BCUT2D eigenvalue weighted by Crippen LogP contribution is 2.20. The van der Waals surface area contributed by atoms with Gasteiger partial charge in [-0.2, -0.15) is 0 Å². The van der Waals surface area contributed by atoms with Crippen LogP contribution in [-0.4, -0.2) is 33.0 Å². The van der Waals surface area contributed by atoms with Gasteiger partial charge in [0.1, 0.15) is 0 Å². The number of imidazole rings is 1. The molecule has 5 nitrogen and oxygen atoms in total. The largest absolute Gasteiger partial charge is 0.333 e. The Bertz CT molecular complexity index is 508. The lowest BCUT2D eigenvalue weighted by Crippen LogP contribution is -2.32. The van der Waals surface area contributed by atoms with Gasteiger partial charge in [0, 0.05) is 32.0 Å². The Hall–Kier alpha value is -1.72. The summed E-state index contributed by atoms with van der Waals surface area (Å²) < 4.78 is 2.19. The smallest absolute Gasteiger partial charge is 0.0948 e. The van der Waals surface area contributed by atoms with Gasteiger partial charge in [-0.05, 0) is 25.6 Å². The molecule has 2 heterocycles. The van der Waals surface area contributed by atoms with Crippen molar-refractivity contribution in [1.29, 1.82) is 0 Å². The van der Waals surface area contributed by atoms with E-state index in [1.165, 1.54) is 5.69 Å². The van der Waals surface area contributed by atoms with E-state index in [1.54, 1.807) is 0 Å². The summed E-state index contributed by atoms with van der Waals surface area (Å²) in [6.07, 6.45) is 6.71. The molecule has 108 valence electrons. The molecule has 1 unspecified atom stereocenters. The van der Waals surface area contributed by atoms with E-state index in [2.05, 4.69) is 33.4 Å². The van der Waals surface area contributed by atoms with Crippen molar-refractivity contribution in [2.24, 2.45) is 5.73 Å². The van der Waals surface area contributed by atoms with Gasteiger partial charge >= 0.3 is 0 Å². The molecule has 0 amide bonds. The highest BCUT2D eigenvalue weighted by atomic mass is 15.2. The molecule has 2 N–H and O–H groups in total. The van der Waals surface area contributed by atoms with Gasteiger partial charge in [-0.25, -0.2) is 4.98 Å². The van der Waals surface area contributed by atoms with Crippen molar-refractivity contribution in [3.05, 3.63) is 48.3 Å².